The van der Waals surface area contributed by atoms with E-state index < -0.39 is 6.10 Å². The fourth-order valence-electron chi connectivity index (χ4n) is 4.80. The van der Waals surface area contributed by atoms with Crippen LogP contribution >= 0.6 is 22.9 Å². The van der Waals surface area contributed by atoms with Crippen LogP contribution in [0.1, 0.15) is 10.4 Å². The van der Waals surface area contributed by atoms with Crippen molar-refractivity contribution in [2.24, 2.45) is 0 Å². The number of aromatic nitrogens is 1. The van der Waals surface area contributed by atoms with E-state index in [0.717, 1.165) is 44.9 Å². The molecule has 0 bridgehead atoms. The first-order chi connectivity index (χ1) is 17.0. The molecule has 6 rings (SSSR count). The molecule has 35 heavy (non-hydrogen) atoms. The number of carbonyl (C=O) groups excluding carboxylic acids is 3. The smallest absolute Gasteiger partial charge is 0.324 e. The lowest BCUT2D eigenvalue weighted by Crippen LogP contribution is -2.50. The fraction of sp³-hybridized carbons (Fsp3) is 0.333. The van der Waals surface area contributed by atoms with Gasteiger partial charge in [0.05, 0.1) is 23.3 Å². The Hall–Kier alpha value is -3.21. The van der Waals surface area contributed by atoms with Gasteiger partial charge < -0.3 is 20.3 Å². The number of thiophene rings is 1. The Bertz CT molecular complexity index is 1350. The van der Waals surface area contributed by atoms with E-state index in [2.05, 4.69) is 15.6 Å². The van der Waals surface area contributed by atoms with E-state index in [9.17, 15) is 14.4 Å². The highest BCUT2D eigenvalue weighted by Crippen LogP contribution is 2.45. The molecule has 11 heteroatoms. The Kier molecular flexibility index (Phi) is 5.58. The van der Waals surface area contributed by atoms with Gasteiger partial charge in [-0.25, -0.2) is 4.79 Å². The van der Waals surface area contributed by atoms with Crippen LogP contribution in [0.2, 0.25) is 5.02 Å². The average molecular weight is 512 g/mol. The monoisotopic (exact) mass is 511 g/mol. The van der Waals surface area contributed by atoms with Crippen LogP contribution < -0.4 is 15.4 Å². The van der Waals surface area contributed by atoms with Gasteiger partial charge in [-0.1, -0.05) is 11.6 Å². The molecule has 2 aromatic heterocycles. The minimum atomic E-state index is -0.573. The van der Waals surface area contributed by atoms with Crippen molar-refractivity contribution in [2.45, 2.75) is 19.1 Å². The average Bonchev–Trinajstić information content (AvgIpc) is 3.56. The SMILES string of the molecule is O=C([C@H]1Cc2cc(Cl)cc(-c3ccnc4cc(CN5C(=O)CNC5=O)sc34)c2O1)N1CCNCC1. The quantitative estimate of drug-likeness (QED) is 0.521. The molecular formula is C24H22ClN5O4S. The van der Waals surface area contributed by atoms with Gasteiger partial charge in [0, 0.05) is 65.4 Å². The predicted molar refractivity (Wildman–Crippen MR) is 132 cm³/mol. The molecule has 3 aliphatic rings. The highest BCUT2D eigenvalue weighted by Gasteiger charge is 2.35. The van der Waals surface area contributed by atoms with Gasteiger partial charge in [-0.05, 0) is 24.3 Å². The maximum Gasteiger partial charge on any atom is 0.324 e. The second kappa shape index (κ2) is 8.78. The third-order valence-corrected chi connectivity index (χ3v) is 7.86. The van der Waals surface area contributed by atoms with E-state index in [1.54, 1.807) is 6.20 Å². The Balaban J connectivity index is 1.34. The highest BCUT2D eigenvalue weighted by atomic mass is 35.5. The van der Waals surface area contributed by atoms with Crippen LogP contribution in [0.5, 0.6) is 5.75 Å². The number of hydrogen-bond acceptors (Lipinski definition) is 7. The number of halogens is 1. The van der Waals surface area contributed by atoms with Crippen molar-refractivity contribution < 1.29 is 19.1 Å². The lowest BCUT2D eigenvalue weighted by atomic mass is 10.0. The third-order valence-electron chi connectivity index (χ3n) is 6.50. The second-order valence-electron chi connectivity index (χ2n) is 8.75. The summed E-state index contributed by atoms with van der Waals surface area (Å²) in [5.41, 5.74) is 3.35. The van der Waals surface area contributed by atoms with Crippen molar-refractivity contribution in [1.82, 2.24) is 25.4 Å². The van der Waals surface area contributed by atoms with Crippen molar-refractivity contribution in [3.63, 3.8) is 0 Å². The third kappa shape index (κ3) is 4.01. The normalized spacial score (nSPS) is 19.7. The lowest BCUT2D eigenvalue weighted by Gasteiger charge is -2.29. The van der Waals surface area contributed by atoms with Gasteiger partial charge in [0.25, 0.3) is 5.91 Å². The number of piperazine rings is 1. The predicted octanol–water partition coefficient (Wildman–Crippen LogP) is 2.40. The molecule has 1 aromatic carbocycles. The molecule has 0 radical (unpaired) electrons. The Morgan fingerprint density at radius 2 is 2.03 bits per heavy atom. The summed E-state index contributed by atoms with van der Waals surface area (Å²) in [6.07, 6.45) is 1.62. The fourth-order valence-corrected chi connectivity index (χ4v) is 6.17. The lowest BCUT2D eigenvalue weighted by molar-refractivity contribution is -0.138. The van der Waals surface area contributed by atoms with Gasteiger partial charge in [0.1, 0.15) is 5.75 Å². The zero-order valence-electron chi connectivity index (χ0n) is 18.7. The second-order valence-corrected chi connectivity index (χ2v) is 10.3. The van der Waals surface area contributed by atoms with Crippen LogP contribution in [0.3, 0.4) is 0 Å². The molecule has 1 atom stereocenters. The zero-order valence-corrected chi connectivity index (χ0v) is 20.2. The molecular weight excluding hydrogens is 490 g/mol. The molecule has 3 aromatic rings. The van der Waals surface area contributed by atoms with Crippen LogP contribution in [0.15, 0.2) is 30.5 Å². The van der Waals surface area contributed by atoms with E-state index >= 15 is 0 Å². The summed E-state index contributed by atoms with van der Waals surface area (Å²) in [5.74, 6) is 0.415. The molecule has 4 amide bonds. The zero-order chi connectivity index (χ0) is 24.1. The molecule has 0 unspecified atom stereocenters. The van der Waals surface area contributed by atoms with Crippen LogP contribution in [0, 0.1) is 0 Å². The van der Waals surface area contributed by atoms with Crippen LogP contribution in [0.4, 0.5) is 4.79 Å². The minimum Gasteiger partial charge on any atom is -0.479 e. The number of ether oxygens (including phenoxy) is 1. The van der Waals surface area contributed by atoms with Gasteiger partial charge in [-0.3, -0.25) is 19.5 Å². The molecule has 2 saturated heterocycles. The summed E-state index contributed by atoms with van der Waals surface area (Å²) in [5, 5.41) is 6.37. The Labute approximate surface area is 210 Å². The summed E-state index contributed by atoms with van der Waals surface area (Å²) < 4.78 is 7.16. The van der Waals surface area contributed by atoms with Crippen molar-refractivity contribution in [2.75, 3.05) is 32.7 Å². The summed E-state index contributed by atoms with van der Waals surface area (Å²) in [4.78, 5) is 45.5. The molecule has 180 valence electrons. The largest absolute Gasteiger partial charge is 0.479 e. The summed E-state index contributed by atoms with van der Waals surface area (Å²) in [6, 6.07) is 7.12. The van der Waals surface area contributed by atoms with Crippen molar-refractivity contribution in [3.8, 4) is 16.9 Å². The number of benzene rings is 1. The molecule has 3 aliphatic heterocycles. The number of amides is 4. The summed E-state index contributed by atoms with van der Waals surface area (Å²) >= 11 is 7.97. The van der Waals surface area contributed by atoms with Gasteiger partial charge >= 0.3 is 6.03 Å². The number of urea groups is 1. The summed E-state index contributed by atoms with van der Waals surface area (Å²) in [7, 11) is 0. The van der Waals surface area contributed by atoms with E-state index in [1.807, 2.05) is 29.2 Å². The molecule has 2 fully saturated rings. The minimum absolute atomic E-state index is 0.00313. The number of fused-ring (bicyclic) bond motifs is 2. The van der Waals surface area contributed by atoms with Gasteiger partial charge in [0.2, 0.25) is 5.91 Å². The van der Waals surface area contributed by atoms with E-state index in [-0.39, 0.29) is 30.9 Å². The number of carbonyl (C=O) groups is 3. The maximum absolute atomic E-state index is 13.1. The van der Waals surface area contributed by atoms with Gasteiger partial charge in [0.15, 0.2) is 6.10 Å². The standard InChI is InChI=1S/C24H22ClN5O4S/c25-14-7-13-8-19(23(32)29-5-3-26-4-6-29)34-21(13)17(9-14)16-1-2-27-18-10-15(35-22(16)18)12-30-20(31)11-28-24(30)33/h1-2,7,9-10,19,26H,3-6,8,11-12H2,(H,28,33)/t19-/m1/s1. The maximum atomic E-state index is 13.1. The van der Waals surface area contributed by atoms with Crippen molar-refractivity contribution in [3.05, 3.63) is 45.9 Å². The number of rotatable bonds is 4. The van der Waals surface area contributed by atoms with Crippen molar-refractivity contribution >= 4 is 51.0 Å². The number of pyridine rings is 1. The molecule has 0 spiro atoms. The van der Waals surface area contributed by atoms with E-state index in [0.29, 0.717) is 30.3 Å². The first-order valence-electron chi connectivity index (χ1n) is 11.4. The highest BCUT2D eigenvalue weighted by molar-refractivity contribution is 7.19. The molecule has 9 nitrogen and oxygen atoms in total. The first-order valence-corrected chi connectivity index (χ1v) is 12.6. The number of hydrogen-bond donors (Lipinski definition) is 2. The van der Waals surface area contributed by atoms with Gasteiger partial charge in [-0.15, -0.1) is 11.3 Å². The molecule has 5 heterocycles. The van der Waals surface area contributed by atoms with E-state index in [1.165, 1.54) is 16.2 Å². The number of nitrogens with zero attached hydrogens (tertiary/aromatic N) is 3. The number of nitrogens with one attached hydrogen (secondary N) is 2. The van der Waals surface area contributed by atoms with Crippen LogP contribution in [-0.4, -0.2) is 71.5 Å². The molecule has 0 aliphatic carbocycles. The topological polar surface area (TPSA) is 104 Å². The van der Waals surface area contributed by atoms with Crippen LogP contribution in [0.25, 0.3) is 21.3 Å². The first kappa shape index (κ1) is 22.3. The molecule has 0 saturated carbocycles. The summed E-state index contributed by atoms with van der Waals surface area (Å²) in [6.45, 7) is 3.11. The van der Waals surface area contributed by atoms with Gasteiger partial charge in [-0.2, -0.15) is 0 Å². The van der Waals surface area contributed by atoms with Crippen LogP contribution in [-0.2, 0) is 22.6 Å². The molecule has 2 N–H and O–H groups in total. The van der Waals surface area contributed by atoms with Crippen molar-refractivity contribution in [1.29, 1.82) is 0 Å². The van der Waals surface area contributed by atoms with E-state index in [4.69, 9.17) is 16.3 Å². The Morgan fingerprint density at radius 3 is 2.80 bits per heavy atom. The number of imide groups is 1. The Morgan fingerprint density at radius 1 is 1.20 bits per heavy atom.